The van der Waals surface area contributed by atoms with E-state index in [0.29, 0.717) is 11.7 Å². The van der Waals surface area contributed by atoms with Gasteiger partial charge in [-0.25, -0.2) is 0 Å². The average molecular weight is 452 g/mol. The van der Waals surface area contributed by atoms with E-state index in [-0.39, 0.29) is 29.6 Å². The van der Waals surface area contributed by atoms with Gasteiger partial charge in [0, 0.05) is 35.6 Å². The molecule has 1 heterocycles. The fraction of sp³-hybridized carbons (Fsp3) is 0.190. The molecule has 0 unspecified atom stereocenters. The normalized spacial score (nSPS) is 12.5. The van der Waals surface area contributed by atoms with E-state index in [1.54, 1.807) is 0 Å². The molecule has 0 aliphatic carbocycles. The molecule has 0 bridgehead atoms. The largest absolute Gasteiger partial charge is 0.417 e. The summed E-state index contributed by atoms with van der Waals surface area (Å²) in [5.74, 6) is -0.572. The number of alkyl halides is 3. The summed E-state index contributed by atoms with van der Waals surface area (Å²) >= 11 is 5.61. The van der Waals surface area contributed by atoms with E-state index in [2.05, 4.69) is 5.32 Å². The zero-order valence-corrected chi connectivity index (χ0v) is 16.7. The average Bonchev–Trinajstić information content (AvgIpc) is 2.74. The number of nitrogens with one attached hydrogen (secondary N) is 1. The van der Waals surface area contributed by atoms with Gasteiger partial charge in [-0.2, -0.15) is 13.2 Å². The Morgan fingerprint density at radius 3 is 2.58 bits per heavy atom. The first kappa shape index (κ1) is 22.5. The van der Waals surface area contributed by atoms with Crippen molar-refractivity contribution in [3.8, 4) is 0 Å². The number of fused-ring (bicyclic) bond motifs is 1. The number of hydrogen-bond acceptors (Lipinski definition) is 4. The van der Waals surface area contributed by atoms with Crippen LogP contribution in [0.3, 0.4) is 0 Å². The molecule has 2 aromatic carbocycles. The molecule has 6 nitrogen and oxygen atoms in total. The van der Waals surface area contributed by atoms with Crippen LogP contribution in [0, 0.1) is 0 Å². The Kier molecular flexibility index (Phi) is 6.47. The second kappa shape index (κ2) is 8.91. The van der Waals surface area contributed by atoms with Crippen LogP contribution in [-0.4, -0.2) is 23.3 Å². The van der Waals surface area contributed by atoms with E-state index in [9.17, 15) is 27.6 Å². The van der Waals surface area contributed by atoms with Gasteiger partial charge < -0.3 is 20.4 Å². The van der Waals surface area contributed by atoms with E-state index in [1.165, 1.54) is 41.1 Å². The first-order valence-corrected chi connectivity index (χ1v) is 9.48. The molecule has 3 rings (SSSR count). The Morgan fingerprint density at radius 2 is 1.94 bits per heavy atom. The molecule has 162 valence electrons. The number of benzene rings is 2. The van der Waals surface area contributed by atoms with Crippen LogP contribution in [0.25, 0.3) is 10.8 Å². The summed E-state index contributed by atoms with van der Waals surface area (Å²) < 4.78 is 40.2. The SMILES string of the molecule is NC[C@H](C=O)n1ccc2c(C(=O)NCc3ccc(Cl)c(C(F)(F)F)c3)cccc2c1=O. The van der Waals surface area contributed by atoms with Crippen molar-refractivity contribution in [2.24, 2.45) is 5.73 Å². The van der Waals surface area contributed by atoms with Crippen molar-refractivity contribution < 1.29 is 22.8 Å². The number of amides is 1. The highest BCUT2D eigenvalue weighted by Gasteiger charge is 2.33. The number of nitrogens with zero attached hydrogens (tertiary/aromatic N) is 1. The van der Waals surface area contributed by atoms with Gasteiger partial charge in [-0.1, -0.05) is 23.7 Å². The molecule has 10 heteroatoms. The van der Waals surface area contributed by atoms with Gasteiger partial charge in [-0.05, 0) is 35.9 Å². The van der Waals surface area contributed by atoms with Crippen LogP contribution in [0.15, 0.2) is 53.5 Å². The van der Waals surface area contributed by atoms with E-state index in [4.69, 9.17) is 17.3 Å². The summed E-state index contributed by atoms with van der Waals surface area (Å²) in [6.07, 6.45) is -2.68. The number of rotatable bonds is 6. The number of halogens is 4. The summed E-state index contributed by atoms with van der Waals surface area (Å²) in [4.78, 5) is 36.5. The van der Waals surface area contributed by atoms with Gasteiger partial charge in [0.05, 0.1) is 10.6 Å². The first-order valence-electron chi connectivity index (χ1n) is 9.10. The second-order valence-corrected chi connectivity index (χ2v) is 7.14. The molecular weight excluding hydrogens is 435 g/mol. The van der Waals surface area contributed by atoms with Crippen LogP contribution >= 0.6 is 11.6 Å². The molecule has 1 atom stereocenters. The molecular formula is C21H17ClF3N3O3. The van der Waals surface area contributed by atoms with Crippen molar-refractivity contribution in [2.75, 3.05) is 6.54 Å². The van der Waals surface area contributed by atoms with E-state index < -0.39 is 34.3 Å². The maximum Gasteiger partial charge on any atom is 0.417 e. The Balaban J connectivity index is 1.89. The quantitative estimate of drug-likeness (QED) is 0.562. The van der Waals surface area contributed by atoms with Crippen molar-refractivity contribution >= 4 is 34.6 Å². The zero-order valence-electron chi connectivity index (χ0n) is 15.9. The minimum atomic E-state index is -4.62. The van der Waals surface area contributed by atoms with Gasteiger partial charge >= 0.3 is 6.18 Å². The number of nitrogens with two attached hydrogens (primary N) is 1. The molecule has 1 amide bonds. The van der Waals surface area contributed by atoms with Crippen LogP contribution in [0.5, 0.6) is 0 Å². The summed E-state index contributed by atoms with van der Waals surface area (Å²) in [6, 6.07) is 8.56. The Morgan fingerprint density at radius 1 is 1.19 bits per heavy atom. The van der Waals surface area contributed by atoms with Crippen LogP contribution in [-0.2, 0) is 17.5 Å². The molecule has 0 saturated carbocycles. The summed E-state index contributed by atoms with van der Waals surface area (Å²) in [6.45, 7) is -0.233. The molecule has 0 fully saturated rings. The van der Waals surface area contributed by atoms with Gasteiger partial charge in [0.15, 0.2) is 0 Å². The number of carbonyl (C=O) groups excluding carboxylic acids is 2. The third-order valence-corrected chi connectivity index (χ3v) is 5.09. The highest BCUT2D eigenvalue weighted by Crippen LogP contribution is 2.35. The van der Waals surface area contributed by atoms with Gasteiger partial charge in [0.2, 0.25) is 0 Å². The molecule has 31 heavy (non-hydrogen) atoms. The summed E-state index contributed by atoms with van der Waals surface area (Å²) in [7, 11) is 0. The maximum absolute atomic E-state index is 13.0. The monoisotopic (exact) mass is 451 g/mol. The molecule has 0 aliphatic rings. The smallest absolute Gasteiger partial charge is 0.348 e. The van der Waals surface area contributed by atoms with Gasteiger partial charge in [0.1, 0.15) is 12.3 Å². The van der Waals surface area contributed by atoms with Crippen molar-refractivity contribution in [1.82, 2.24) is 9.88 Å². The molecule has 3 aromatic rings. The lowest BCUT2D eigenvalue weighted by atomic mass is 10.0. The van der Waals surface area contributed by atoms with Crippen LogP contribution < -0.4 is 16.6 Å². The third kappa shape index (κ3) is 4.62. The first-order chi connectivity index (χ1) is 14.7. The molecule has 0 radical (unpaired) electrons. The van der Waals surface area contributed by atoms with Crippen LogP contribution in [0.1, 0.15) is 27.5 Å². The summed E-state index contributed by atoms with van der Waals surface area (Å²) in [5.41, 5.74) is 4.42. The standard InChI is InChI=1S/C21H17ClF3N3O3/c22-18-5-4-12(8-17(18)21(23,24)25)10-27-19(30)15-2-1-3-16-14(15)6-7-28(20(16)31)13(9-26)11-29/h1-8,11,13H,9-10,26H2,(H,27,30)/t13-/m1/s1. The predicted molar refractivity (Wildman–Crippen MR) is 110 cm³/mol. The number of pyridine rings is 1. The highest BCUT2D eigenvalue weighted by molar-refractivity contribution is 6.31. The van der Waals surface area contributed by atoms with E-state index >= 15 is 0 Å². The van der Waals surface area contributed by atoms with Gasteiger partial charge in [-0.15, -0.1) is 0 Å². The minimum absolute atomic E-state index is 0.0594. The maximum atomic E-state index is 13.0. The van der Waals surface area contributed by atoms with E-state index in [0.717, 1.165) is 12.1 Å². The number of carbonyl (C=O) groups is 2. The molecule has 0 spiro atoms. The van der Waals surface area contributed by atoms with E-state index in [1.807, 2.05) is 0 Å². The summed E-state index contributed by atoms with van der Waals surface area (Å²) in [5, 5.41) is 2.67. The fourth-order valence-corrected chi connectivity index (χ4v) is 3.39. The molecule has 0 saturated heterocycles. The Bertz CT molecular complexity index is 1210. The molecule has 3 N–H and O–H groups in total. The number of hydrogen-bond donors (Lipinski definition) is 2. The lowest BCUT2D eigenvalue weighted by molar-refractivity contribution is -0.137. The lowest BCUT2D eigenvalue weighted by Crippen LogP contribution is -2.30. The lowest BCUT2D eigenvalue weighted by Gasteiger charge is -2.14. The topological polar surface area (TPSA) is 94.2 Å². The van der Waals surface area contributed by atoms with Gasteiger partial charge in [-0.3, -0.25) is 9.59 Å². The fourth-order valence-electron chi connectivity index (χ4n) is 3.16. The van der Waals surface area contributed by atoms with Crippen molar-refractivity contribution in [3.63, 3.8) is 0 Å². The predicted octanol–water partition coefficient (Wildman–Crippen LogP) is 3.30. The van der Waals surface area contributed by atoms with Crippen LogP contribution in [0.2, 0.25) is 5.02 Å². The van der Waals surface area contributed by atoms with Crippen LogP contribution in [0.4, 0.5) is 13.2 Å². The highest BCUT2D eigenvalue weighted by atomic mass is 35.5. The van der Waals surface area contributed by atoms with Gasteiger partial charge in [0.25, 0.3) is 11.5 Å². The van der Waals surface area contributed by atoms with Crippen molar-refractivity contribution in [2.45, 2.75) is 18.8 Å². The van der Waals surface area contributed by atoms with Crippen molar-refractivity contribution in [3.05, 3.63) is 80.7 Å². The Hall–Kier alpha value is -3.17. The Labute approximate surface area is 179 Å². The zero-order chi connectivity index (χ0) is 22.8. The second-order valence-electron chi connectivity index (χ2n) is 6.73. The van der Waals surface area contributed by atoms with Crippen molar-refractivity contribution in [1.29, 1.82) is 0 Å². The number of aldehydes is 1. The third-order valence-electron chi connectivity index (χ3n) is 4.76. The molecule has 1 aromatic heterocycles. The number of aromatic nitrogens is 1. The molecule has 0 aliphatic heterocycles. The minimum Gasteiger partial charge on any atom is -0.348 e.